The summed E-state index contributed by atoms with van der Waals surface area (Å²) in [5, 5.41) is 12.4. The Hall–Kier alpha value is -3.85. The summed E-state index contributed by atoms with van der Waals surface area (Å²) in [6.07, 6.45) is 1.23. The predicted molar refractivity (Wildman–Crippen MR) is 106 cm³/mol. The van der Waals surface area contributed by atoms with Gasteiger partial charge in [-0.1, -0.05) is 0 Å². The number of aromatic nitrogens is 1. The first-order valence-corrected chi connectivity index (χ1v) is 8.99. The molecule has 28 heavy (non-hydrogen) atoms. The fraction of sp³-hybridized carbons (Fsp3) is 0.136. The van der Waals surface area contributed by atoms with Gasteiger partial charge in [-0.3, -0.25) is 14.7 Å². The summed E-state index contributed by atoms with van der Waals surface area (Å²) in [5.41, 5.74) is 3.37. The number of hydrogen-bond donors (Lipinski definition) is 1. The average Bonchev–Trinajstić information content (AvgIpc) is 3.01. The lowest BCUT2D eigenvalue weighted by Crippen LogP contribution is -2.32. The third-order valence-electron chi connectivity index (χ3n) is 4.55. The molecule has 0 saturated carbocycles. The fourth-order valence-corrected chi connectivity index (χ4v) is 3.25. The number of nitrogens with zero attached hydrogens (tertiary/aromatic N) is 3. The maximum atomic E-state index is 13.1. The Morgan fingerprint density at radius 2 is 1.89 bits per heavy atom. The van der Waals surface area contributed by atoms with Crippen molar-refractivity contribution in [1.29, 1.82) is 5.26 Å². The predicted octanol–water partition coefficient (Wildman–Crippen LogP) is 4.12. The van der Waals surface area contributed by atoms with E-state index in [1.54, 1.807) is 35.4 Å². The number of amides is 1. The van der Waals surface area contributed by atoms with Crippen LogP contribution in [0.3, 0.4) is 0 Å². The molecule has 138 valence electrons. The van der Waals surface area contributed by atoms with Gasteiger partial charge >= 0.3 is 0 Å². The quantitative estimate of drug-likeness (QED) is 0.731. The number of rotatable bonds is 5. The minimum atomic E-state index is -0.449. The minimum absolute atomic E-state index is 0.113. The van der Waals surface area contributed by atoms with Crippen LogP contribution in [0.1, 0.15) is 34.7 Å². The van der Waals surface area contributed by atoms with Gasteiger partial charge in [0.15, 0.2) is 6.17 Å². The highest BCUT2D eigenvalue weighted by Gasteiger charge is 2.38. The summed E-state index contributed by atoms with van der Waals surface area (Å²) >= 11 is 0. The van der Waals surface area contributed by atoms with Crippen LogP contribution in [0.4, 0.5) is 11.4 Å². The second kappa shape index (κ2) is 7.41. The Morgan fingerprint density at radius 1 is 1.14 bits per heavy atom. The first kappa shape index (κ1) is 17.6. The Kier molecular flexibility index (Phi) is 4.65. The fourth-order valence-electron chi connectivity index (χ4n) is 3.25. The van der Waals surface area contributed by atoms with Gasteiger partial charge in [-0.15, -0.1) is 0 Å². The van der Waals surface area contributed by atoms with E-state index in [1.807, 2.05) is 43.3 Å². The van der Waals surface area contributed by atoms with Gasteiger partial charge in [0.05, 0.1) is 29.5 Å². The number of nitriles is 1. The molecule has 0 spiro atoms. The van der Waals surface area contributed by atoms with Crippen molar-refractivity contribution in [3.05, 3.63) is 83.7 Å². The largest absolute Gasteiger partial charge is 0.494 e. The van der Waals surface area contributed by atoms with E-state index in [0.717, 1.165) is 17.1 Å². The van der Waals surface area contributed by atoms with Crippen molar-refractivity contribution in [1.82, 2.24) is 4.98 Å². The summed E-state index contributed by atoms with van der Waals surface area (Å²) < 4.78 is 5.50. The number of hydrogen-bond acceptors (Lipinski definition) is 5. The van der Waals surface area contributed by atoms with Crippen molar-refractivity contribution < 1.29 is 9.53 Å². The van der Waals surface area contributed by atoms with Gasteiger partial charge in [-0.05, 0) is 67.6 Å². The monoisotopic (exact) mass is 370 g/mol. The van der Waals surface area contributed by atoms with E-state index >= 15 is 0 Å². The molecular weight excluding hydrogens is 352 g/mol. The van der Waals surface area contributed by atoms with E-state index in [-0.39, 0.29) is 5.91 Å². The van der Waals surface area contributed by atoms with Gasteiger partial charge in [0, 0.05) is 17.6 Å². The van der Waals surface area contributed by atoms with Gasteiger partial charge in [-0.25, -0.2) is 0 Å². The lowest BCUT2D eigenvalue weighted by atomic mass is 10.2. The Balaban J connectivity index is 1.70. The van der Waals surface area contributed by atoms with E-state index in [1.165, 1.54) is 0 Å². The van der Waals surface area contributed by atoms with Crippen LogP contribution in [-0.4, -0.2) is 17.5 Å². The summed E-state index contributed by atoms with van der Waals surface area (Å²) in [6, 6.07) is 20.2. The number of carbonyl (C=O) groups is 1. The SMILES string of the molecule is CCOc1ccc(N2C(=O)c3cccnc3C2Nc2ccc(C#N)cc2)cc1. The summed E-state index contributed by atoms with van der Waals surface area (Å²) in [6.45, 7) is 2.51. The number of anilines is 2. The first-order chi connectivity index (χ1) is 13.7. The number of nitrogens with one attached hydrogen (secondary N) is 1. The van der Waals surface area contributed by atoms with E-state index < -0.39 is 6.17 Å². The maximum Gasteiger partial charge on any atom is 0.262 e. The third kappa shape index (κ3) is 3.14. The normalized spacial score (nSPS) is 15.1. The van der Waals surface area contributed by atoms with Gasteiger partial charge < -0.3 is 10.1 Å². The van der Waals surface area contributed by atoms with Gasteiger partial charge in [0.1, 0.15) is 5.75 Å². The van der Waals surface area contributed by atoms with Gasteiger partial charge in [0.25, 0.3) is 5.91 Å². The van der Waals surface area contributed by atoms with Crippen LogP contribution < -0.4 is 15.0 Å². The zero-order valence-electron chi connectivity index (χ0n) is 15.3. The zero-order chi connectivity index (χ0) is 19.5. The first-order valence-electron chi connectivity index (χ1n) is 8.99. The Morgan fingerprint density at radius 3 is 2.57 bits per heavy atom. The molecule has 1 aliphatic rings. The molecule has 1 unspecified atom stereocenters. The Bertz CT molecular complexity index is 1040. The van der Waals surface area contributed by atoms with Crippen molar-refractivity contribution in [2.45, 2.75) is 13.1 Å². The van der Waals surface area contributed by atoms with Gasteiger partial charge in [-0.2, -0.15) is 5.26 Å². The number of pyridine rings is 1. The molecule has 1 atom stereocenters. The molecule has 0 bridgehead atoms. The number of carbonyl (C=O) groups excluding carboxylic acids is 1. The van der Waals surface area contributed by atoms with Crippen LogP contribution in [0.5, 0.6) is 5.75 Å². The standard InChI is InChI=1S/C22H18N4O2/c1-2-28-18-11-9-17(10-12-18)26-21(20-19(22(26)27)4-3-13-24-20)25-16-7-5-15(14-23)6-8-16/h3-13,21,25H,2H2,1H3. The van der Waals surface area contributed by atoms with Crippen LogP contribution >= 0.6 is 0 Å². The van der Waals surface area contributed by atoms with Crippen LogP contribution in [0, 0.1) is 11.3 Å². The molecule has 1 aromatic heterocycles. The van der Waals surface area contributed by atoms with Crippen LogP contribution in [0.25, 0.3) is 0 Å². The van der Waals surface area contributed by atoms with Gasteiger partial charge in [0.2, 0.25) is 0 Å². The second-order valence-corrected chi connectivity index (χ2v) is 6.27. The zero-order valence-corrected chi connectivity index (χ0v) is 15.3. The van der Waals surface area contributed by atoms with Crippen molar-refractivity contribution >= 4 is 17.3 Å². The smallest absolute Gasteiger partial charge is 0.262 e. The molecule has 0 radical (unpaired) electrons. The van der Waals surface area contributed by atoms with Crippen LogP contribution in [-0.2, 0) is 0 Å². The Labute approximate surface area is 163 Å². The molecule has 1 amide bonds. The highest BCUT2D eigenvalue weighted by atomic mass is 16.5. The van der Waals surface area contributed by atoms with E-state index in [9.17, 15) is 4.79 Å². The van der Waals surface area contributed by atoms with Crippen molar-refractivity contribution in [2.24, 2.45) is 0 Å². The molecule has 6 heteroatoms. The van der Waals surface area contributed by atoms with Crippen LogP contribution in [0.15, 0.2) is 66.9 Å². The molecule has 1 aliphatic heterocycles. The van der Waals surface area contributed by atoms with Crippen molar-refractivity contribution in [3.63, 3.8) is 0 Å². The highest BCUT2D eigenvalue weighted by Crippen LogP contribution is 2.37. The molecule has 0 saturated heterocycles. The third-order valence-corrected chi connectivity index (χ3v) is 4.55. The average molecular weight is 370 g/mol. The lowest BCUT2D eigenvalue weighted by molar-refractivity contribution is 0.0993. The molecule has 0 fully saturated rings. The molecule has 3 aromatic rings. The van der Waals surface area contributed by atoms with Crippen LogP contribution in [0.2, 0.25) is 0 Å². The molecule has 0 aliphatic carbocycles. The topological polar surface area (TPSA) is 78.2 Å². The summed E-state index contributed by atoms with van der Waals surface area (Å²) in [4.78, 5) is 19.2. The van der Waals surface area contributed by atoms with E-state index in [2.05, 4.69) is 16.4 Å². The maximum absolute atomic E-state index is 13.1. The molecular formula is C22H18N4O2. The molecule has 6 nitrogen and oxygen atoms in total. The summed E-state index contributed by atoms with van der Waals surface area (Å²) in [7, 11) is 0. The molecule has 4 rings (SSSR count). The minimum Gasteiger partial charge on any atom is -0.494 e. The highest BCUT2D eigenvalue weighted by molar-refractivity contribution is 6.11. The molecule has 2 heterocycles. The molecule has 1 N–H and O–H groups in total. The van der Waals surface area contributed by atoms with E-state index in [0.29, 0.717) is 23.4 Å². The number of ether oxygens (including phenoxy) is 1. The number of fused-ring (bicyclic) bond motifs is 1. The number of benzene rings is 2. The van der Waals surface area contributed by atoms with E-state index in [4.69, 9.17) is 10.00 Å². The molecule has 2 aromatic carbocycles. The van der Waals surface area contributed by atoms with Crippen molar-refractivity contribution in [3.8, 4) is 11.8 Å². The van der Waals surface area contributed by atoms with Crippen molar-refractivity contribution in [2.75, 3.05) is 16.8 Å². The summed E-state index contributed by atoms with van der Waals surface area (Å²) in [5.74, 6) is 0.642. The lowest BCUT2D eigenvalue weighted by Gasteiger charge is -2.26. The second-order valence-electron chi connectivity index (χ2n) is 6.27.